The summed E-state index contributed by atoms with van der Waals surface area (Å²) in [5.41, 5.74) is -2.55. The number of hydrogen-bond acceptors (Lipinski definition) is 8. The summed E-state index contributed by atoms with van der Waals surface area (Å²) in [4.78, 5) is 55.6. The van der Waals surface area contributed by atoms with Crippen LogP contribution in [0.2, 0.25) is 0 Å². The lowest BCUT2D eigenvalue weighted by Gasteiger charge is -2.29. The van der Waals surface area contributed by atoms with Gasteiger partial charge >= 0.3 is 24.4 Å². The zero-order chi connectivity index (χ0) is 35.8. The summed E-state index contributed by atoms with van der Waals surface area (Å²) in [5.74, 6) is 0. The van der Waals surface area contributed by atoms with Crippen molar-refractivity contribution in [3.05, 3.63) is 12.2 Å². The Morgan fingerprint density at radius 3 is 1.26 bits per heavy atom. The van der Waals surface area contributed by atoms with E-state index in [0.29, 0.717) is 45.6 Å². The van der Waals surface area contributed by atoms with Crippen molar-refractivity contribution in [2.75, 3.05) is 45.8 Å². The fourth-order valence-electron chi connectivity index (χ4n) is 3.77. The van der Waals surface area contributed by atoms with Crippen molar-refractivity contribution < 1.29 is 38.1 Å². The van der Waals surface area contributed by atoms with Crippen LogP contribution in [0.5, 0.6) is 0 Å². The second kappa shape index (κ2) is 19.5. The number of ether oxygens (including phenoxy) is 4. The van der Waals surface area contributed by atoms with E-state index in [4.69, 9.17) is 18.9 Å². The average molecular weight is 657 g/mol. The molecule has 0 bridgehead atoms. The Balaban J connectivity index is 5.48. The van der Waals surface area contributed by atoms with Gasteiger partial charge in [0.1, 0.15) is 22.4 Å². The second-order valence-electron chi connectivity index (χ2n) is 15.3. The molecule has 0 aliphatic heterocycles. The molecule has 0 aliphatic carbocycles. The first-order valence-electron chi connectivity index (χ1n) is 16.5. The van der Waals surface area contributed by atoms with Crippen LogP contribution in [0, 0.1) is 0 Å². The number of carbonyl (C=O) groups excluding carboxylic acids is 4. The molecule has 46 heavy (non-hydrogen) atoms. The third-order valence-corrected chi connectivity index (χ3v) is 5.68. The number of nitrogens with zero attached hydrogens (tertiary/aromatic N) is 3. The van der Waals surface area contributed by atoms with Crippen LogP contribution in [0.1, 0.15) is 116 Å². The van der Waals surface area contributed by atoms with E-state index >= 15 is 0 Å². The van der Waals surface area contributed by atoms with Crippen LogP contribution in [0.3, 0.4) is 0 Å². The molecule has 0 rings (SSSR count). The minimum atomic E-state index is -0.677. The number of carbonyl (C=O) groups is 4. The van der Waals surface area contributed by atoms with Gasteiger partial charge < -0.3 is 39.0 Å². The summed E-state index contributed by atoms with van der Waals surface area (Å²) in [6, 6.07) is 0. The summed E-state index contributed by atoms with van der Waals surface area (Å²) in [6.07, 6.45) is 4.59. The van der Waals surface area contributed by atoms with Crippen LogP contribution in [0.4, 0.5) is 19.2 Å². The Morgan fingerprint density at radius 1 is 0.522 bits per heavy atom. The van der Waals surface area contributed by atoms with E-state index in [2.05, 4.69) is 12.2 Å². The van der Waals surface area contributed by atoms with Crippen LogP contribution >= 0.6 is 0 Å². The number of amides is 4. The average Bonchev–Trinajstić information content (AvgIpc) is 2.83. The van der Waals surface area contributed by atoms with Gasteiger partial charge in [0.25, 0.3) is 0 Å². The highest BCUT2D eigenvalue weighted by molar-refractivity contribution is 5.69. The molecule has 0 spiro atoms. The molecule has 12 nitrogen and oxygen atoms in total. The van der Waals surface area contributed by atoms with Crippen molar-refractivity contribution in [1.82, 2.24) is 20.0 Å². The molecule has 0 aromatic rings. The molecule has 0 fully saturated rings. The molecule has 0 radical (unpaired) electrons. The SMILES string of the molecule is CCCCN(CCCN(C/C=C/CN(CCCNC(=O)OC(C)(C)C)C(=O)OC(C)(C)C)C(=O)OC(C)(C)C)C(=O)OC(C)(C)C. The Labute approximate surface area is 278 Å². The van der Waals surface area contributed by atoms with Crippen LogP contribution in [-0.2, 0) is 18.9 Å². The second-order valence-corrected chi connectivity index (χ2v) is 15.3. The maximum atomic E-state index is 13.1. The fraction of sp³-hybridized carbons (Fsp3) is 0.824. The smallest absolute Gasteiger partial charge is 0.410 e. The normalized spacial score (nSPS) is 12.4. The van der Waals surface area contributed by atoms with Gasteiger partial charge in [0.15, 0.2) is 0 Å². The Bertz CT molecular complexity index is 972. The largest absolute Gasteiger partial charge is 0.444 e. The van der Waals surface area contributed by atoms with Gasteiger partial charge in [-0.3, -0.25) is 0 Å². The highest BCUT2D eigenvalue weighted by Crippen LogP contribution is 2.14. The molecule has 0 atom stereocenters. The lowest BCUT2D eigenvalue weighted by Crippen LogP contribution is -2.41. The van der Waals surface area contributed by atoms with E-state index in [1.165, 1.54) is 0 Å². The zero-order valence-electron chi connectivity index (χ0n) is 31.0. The van der Waals surface area contributed by atoms with E-state index in [-0.39, 0.29) is 19.2 Å². The Morgan fingerprint density at radius 2 is 0.870 bits per heavy atom. The molecule has 4 amide bonds. The predicted octanol–water partition coefficient (Wildman–Crippen LogP) is 7.36. The van der Waals surface area contributed by atoms with Crippen molar-refractivity contribution in [3.63, 3.8) is 0 Å². The molecule has 0 heterocycles. The number of unbranched alkanes of at least 4 members (excludes halogenated alkanes) is 1. The van der Waals surface area contributed by atoms with E-state index < -0.39 is 40.7 Å². The molecule has 1 N–H and O–H groups in total. The van der Waals surface area contributed by atoms with E-state index in [9.17, 15) is 19.2 Å². The number of nitrogens with one attached hydrogen (secondary N) is 1. The molecule has 268 valence electrons. The lowest BCUT2D eigenvalue weighted by molar-refractivity contribution is 0.0208. The summed E-state index contributed by atoms with van der Waals surface area (Å²) in [7, 11) is 0. The highest BCUT2D eigenvalue weighted by atomic mass is 16.6. The van der Waals surface area contributed by atoms with Gasteiger partial charge in [0.05, 0.1) is 0 Å². The lowest BCUT2D eigenvalue weighted by atomic mass is 10.2. The van der Waals surface area contributed by atoms with E-state index in [1.807, 2.05) is 47.6 Å². The number of alkyl carbamates (subject to hydrolysis) is 1. The van der Waals surface area contributed by atoms with Crippen LogP contribution < -0.4 is 5.32 Å². The minimum Gasteiger partial charge on any atom is -0.444 e. The van der Waals surface area contributed by atoms with Crippen LogP contribution in [0.15, 0.2) is 12.2 Å². The standard InChI is InChI=1S/C34H64N4O8/c1-14-15-21-36(28(40)44-32(5,6)7)25-19-26-38(30(42)46-34(11,12)13)23-17-16-22-37(29(41)45-33(8,9)10)24-18-20-35-27(39)43-31(2,3)4/h16-17H,14-15,18-26H2,1-13H3,(H,35,39)/b17-16+. The number of hydrogen-bond donors (Lipinski definition) is 1. The van der Waals surface area contributed by atoms with Gasteiger partial charge in [-0.1, -0.05) is 25.5 Å². The van der Waals surface area contributed by atoms with E-state index in [1.54, 1.807) is 62.3 Å². The topological polar surface area (TPSA) is 127 Å². The quantitative estimate of drug-likeness (QED) is 0.110. The third kappa shape index (κ3) is 23.2. The maximum absolute atomic E-state index is 13.1. The fourth-order valence-corrected chi connectivity index (χ4v) is 3.77. The van der Waals surface area contributed by atoms with Gasteiger partial charge in [-0.25, -0.2) is 19.2 Å². The Kier molecular flexibility index (Phi) is 18.1. The van der Waals surface area contributed by atoms with Crippen molar-refractivity contribution >= 4 is 24.4 Å². The van der Waals surface area contributed by atoms with Gasteiger partial charge in [0, 0.05) is 45.8 Å². The first-order valence-corrected chi connectivity index (χ1v) is 16.5. The maximum Gasteiger partial charge on any atom is 0.410 e. The van der Waals surface area contributed by atoms with Gasteiger partial charge in [-0.05, 0) is 102 Å². The predicted molar refractivity (Wildman–Crippen MR) is 181 cm³/mol. The molecular formula is C34H64N4O8. The Hall–Kier alpha value is -3.18. The molecule has 0 saturated carbocycles. The molecule has 0 aliphatic rings. The van der Waals surface area contributed by atoms with Crippen molar-refractivity contribution in [2.45, 2.75) is 138 Å². The molecule has 0 aromatic heterocycles. The molecule has 0 unspecified atom stereocenters. The summed E-state index contributed by atoms with van der Waals surface area (Å²) in [5, 5.41) is 2.70. The molecular weight excluding hydrogens is 592 g/mol. The van der Waals surface area contributed by atoms with Crippen LogP contribution in [-0.4, -0.2) is 107 Å². The van der Waals surface area contributed by atoms with Crippen molar-refractivity contribution in [3.8, 4) is 0 Å². The summed E-state index contributed by atoms with van der Waals surface area (Å²) in [6.45, 7) is 26.3. The monoisotopic (exact) mass is 656 g/mol. The van der Waals surface area contributed by atoms with E-state index in [0.717, 1.165) is 12.8 Å². The molecule has 0 saturated heterocycles. The van der Waals surface area contributed by atoms with Crippen molar-refractivity contribution in [1.29, 1.82) is 0 Å². The van der Waals surface area contributed by atoms with Crippen molar-refractivity contribution in [2.24, 2.45) is 0 Å². The summed E-state index contributed by atoms with van der Waals surface area (Å²) < 4.78 is 22.1. The first kappa shape index (κ1) is 42.8. The van der Waals surface area contributed by atoms with Gasteiger partial charge in [-0.2, -0.15) is 0 Å². The minimum absolute atomic E-state index is 0.243. The summed E-state index contributed by atoms with van der Waals surface area (Å²) >= 11 is 0. The third-order valence-electron chi connectivity index (χ3n) is 5.68. The highest BCUT2D eigenvalue weighted by Gasteiger charge is 2.25. The first-order chi connectivity index (χ1) is 20.9. The molecule has 0 aromatic carbocycles. The molecule has 12 heteroatoms. The van der Waals surface area contributed by atoms with Gasteiger partial charge in [0.2, 0.25) is 0 Å². The zero-order valence-corrected chi connectivity index (χ0v) is 31.0. The number of rotatable bonds is 15. The van der Waals surface area contributed by atoms with Crippen LogP contribution in [0.25, 0.3) is 0 Å². The van der Waals surface area contributed by atoms with Gasteiger partial charge in [-0.15, -0.1) is 0 Å².